The Morgan fingerprint density at radius 1 is 0.649 bits per heavy atom. The van der Waals surface area contributed by atoms with Crippen LogP contribution in [0.2, 0.25) is 0 Å². The van der Waals surface area contributed by atoms with Gasteiger partial charge in [-0.05, 0) is 66.2 Å². The number of phenols is 1. The molecule has 1 unspecified atom stereocenters. The van der Waals surface area contributed by atoms with Crippen LogP contribution in [0, 0.1) is 17.9 Å². The van der Waals surface area contributed by atoms with E-state index in [1.807, 2.05) is 67.5 Å². The smallest absolute Gasteiger partial charge is 0.336 e. The number of hydrogen-bond donors (Lipinski definition) is 1. The summed E-state index contributed by atoms with van der Waals surface area (Å²) in [5, 5.41) is 11.0. The molecule has 57 heavy (non-hydrogen) atoms. The van der Waals surface area contributed by atoms with Gasteiger partial charge in [0.25, 0.3) is 5.70 Å². The molecule has 1 atom stereocenters. The van der Waals surface area contributed by atoms with Crippen molar-refractivity contribution in [3.05, 3.63) is 45.9 Å². The van der Waals surface area contributed by atoms with Gasteiger partial charge in [0, 0.05) is 29.4 Å². The molecular weight excluding hydrogens is 715 g/mol. The fraction of sp³-hybridized carbons (Fsp3) is 0.755. The Morgan fingerprint density at radius 2 is 1.07 bits per heavy atom. The molecule has 324 valence electrons. The molecule has 1 aromatic carbocycles. The summed E-state index contributed by atoms with van der Waals surface area (Å²) in [6.07, 6.45) is 23.2. The number of benzene rings is 1. The minimum absolute atomic E-state index is 0.0406. The van der Waals surface area contributed by atoms with Crippen LogP contribution >= 0.6 is 0 Å². The van der Waals surface area contributed by atoms with Gasteiger partial charge >= 0.3 is 17.9 Å². The zero-order valence-corrected chi connectivity index (χ0v) is 37.9. The van der Waals surface area contributed by atoms with E-state index in [9.17, 15) is 19.5 Å². The number of aromatic hydroxyl groups is 1. The van der Waals surface area contributed by atoms with Crippen molar-refractivity contribution in [2.45, 2.75) is 208 Å². The second-order valence-electron chi connectivity index (χ2n) is 19.1. The summed E-state index contributed by atoms with van der Waals surface area (Å²) < 4.78 is 16.8. The quantitative estimate of drug-likeness (QED) is 0.0283. The Bertz CT molecular complexity index is 1370. The topological polar surface area (TPSA) is 103 Å². The average molecular weight is 796 g/mol. The molecular formula is C49H81NO7. The van der Waals surface area contributed by atoms with Crippen molar-refractivity contribution in [2.75, 3.05) is 19.8 Å². The van der Waals surface area contributed by atoms with Crippen LogP contribution in [0.4, 0.5) is 0 Å². The zero-order valence-electron chi connectivity index (χ0n) is 37.9. The molecule has 0 heterocycles. The molecule has 0 amide bonds. The van der Waals surface area contributed by atoms with Gasteiger partial charge in [-0.3, -0.25) is 14.4 Å². The molecule has 0 saturated carbocycles. The highest BCUT2D eigenvalue weighted by Gasteiger charge is 2.28. The Kier molecular flexibility index (Phi) is 24.8. The first-order valence-electron chi connectivity index (χ1n) is 22.3. The summed E-state index contributed by atoms with van der Waals surface area (Å²) in [5.74, 6) is -0.687. The van der Waals surface area contributed by atoms with Gasteiger partial charge in [0.15, 0.2) is 0 Å². The predicted octanol–water partition coefficient (Wildman–Crippen LogP) is 13.4. The van der Waals surface area contributed by atoms with E-state index in [4.69, 9.17) is 20.8 Å². The maximum Gasteiger partial charge on any atom is 0.336 e. The average Bonchev–Trinajstić information content (AvgIpc) is 3.14. The van der Waals surface area contributed by atoms with E-state index in [2.05, 4.69) is 18.7 Å². The van der Waals surface area contributed by atoms with Gasteiger partial charge in [-0.15, -0.1) is 0 Å². The number of hydrogen-bond acceptors (Lipinski definition) is 7. The minimum atomic E-state index is -0.763. The van der Waals surface area contributed by atoms with Gasteiger partial charge in [-0.25, -0.2) is 4.85 Å². The summed E-state index contributed by atoms with van der Waals surface area (Å²) >= 11 is 0. The molecule has 0 aliphatic rings. The van der Waals surface area contributed by atoms with Gasteiger partial charge in [-0.2, -0.15) is 0 Å². The maximum atomic E-state index is 13.0. The number of nitrogens with zero attached hydrogens (tertiary/aromatic N) is 1. The van der Waals surface area contributed by atoms with Gasteiger partial charge in [-0.1, -0.05) is 159 Å². The summed E-state index contributed by atoms with van der Waals surface area (Å²) in [6, 6.07) is 3.62. The number of rotatable bonds is 29. The summed E-state index contributed by atoms with van der Waals surface area (Å²) in [5.41, 5.74) is 0.519. The van der Waals surface area contributed by atoms with E-state index >= 15 is 0 Å². The summed E-state index contributed by atoms with van der Waals surface area (Å²) in [6.45, 7) is 28.3. The fourth-order valence-electron chi connectivity index (χ4n) is 6.82. The molecule has 0 aliphatic heterocycles. The number of ether oxygens (including phenoxy) is 3. The van der Waals surface area contributed by atoms with E-state index in [0.29, 0.717) is 30.9 Å². The minimum Gasteiger partial charge on any atom is -0.507 e. The van der Waals surface area contributed by atoms with Crippen molar-refractivity contribution in [3.63, 3.8) is 0 Å². The second kappa shape index (κ2) is 27.4. The molecule has 1 N–H and O–H groups in total. The lowest BCUT2D eigenvalue weighted by Crippen LogP contribution is -2.28. The van der Waals surface area contributed by atoms with Crippen molar-refractivity contribution < 1.29 is 33.7 Å². The van der Waals surface area contributed by atoms with E-state index in [-0.39, 0.29) is 60.3 Å². The molecule has 0 radical (unpaired) electrons. The van der Waals surface area contributed by atoms with Crippen LogP contribution in [-0.4, -0.2) is 42.8 Å². The standard InChI is InChI=1S/C49H81NO7/c1-12-14-16-18-20-21-23-25-29-38(28-24-22-19-17-15-13-2)35-55-43(51)30-26-27-31-44(52)56-36-49(9,10)37-57-46(54)42(50-11)34-39-32-40(47(3,4)5)45(53)41(33-39)48(6,7)8/h32-34,38,53H,12-31,35-37H2,1-10H3/b42-34-. The van der Waals surface area contributed by atoms with Gasteiger partial charge in [0.05, 0.1) is 26.4 Å². The first-order chi connectivity index (χ1) is 26.8. The predicted molar refractivity (Wildman–Crippen MR) is 234 cm³/mol. The van der Waals surface area contributed by atoms with Crippen molar-refractivity contribution in [2.24, 2.45) is 11.3 Å². The van der Waals surface area contributed by atoms with E-state index < -0.39 is 11.4 Å². The van der Waals surface area contributed by atoms with Crippen molar-refractivity contribution in [3.8, 4) is 5.75 Å². The molecule has 8 nitrogen and oxygen atoms in total. The maximum absolute atomic E-state index is 13.0. The van der Waals surface area contributed by atoms with Crippen molar-refractivity contribution in [1.29, 1.82) is 0 Å². The highest BCUT2D eigenvalue weighted by atomic mass is 16.5. The Morgan fingerprint density at radius 3 is 1.51 bits per heavy atom. The lowest BCUT2D eigenvalue weighted by atomic mass is 9.78. The second-order valence-corrected chi connectivity index (χ2v) is 19.1. The first kappa shape index (κ1) is 51.7. The molecule has 1 rings (SSSR count). The highest BCUT2D eigenvalue weighted by Crippen LogP contribution is 2.40. The van der Waals surface area contributed by atoms with Crippen LogP contribution < -0.4 is 0 Å². The largest absolute Gasteiger partial charge is 0.507 e. The molecule has 0 aromatic heterocycles. The molecule has 0 aliphatic carbocycles. The number of unbranched alkanes of at least 4 members (excludes halogenated alkanes) is 13. The van der Waals surface area contributed by atoms with Gasteiger partial charge in [0.2, 0.25) is 0 Å². The Labute approximate surface area is 348 Å². The first-order valence-corrected chi connectivity index (χ1v) is 22.3. The van der Waals surface area contributed by atoms with Crippen LogP contribution in [0.25, 0.3) is 10.9 Å². The SMILES string of the molecule is [C-]#[N+]/C(=C\c1cc(C(C)(C)C)c(O)c(C(C)(C)C)c1)C(=O)OCC(C)(C)COC(=O)CCCCC(=O)OCC(CCCCCCCC)CCCCCCCCCC. The molecule has 0 saturated heterocycles. The monoisotopic (exact) mass is 796 g/mol. The molecule has 1 aromatic rings. The highest BCUT2D eigenvalue weighted by molar-refractivity contribution is 5.95. The normalized spacial score (nSPS) is 12.9. The molecule has 0 bridgehead atoms. The van der Waals surface area contributed by atoms with Crippen LogP contribution in [0.1, 0.15) is 214 Å². The van der Waals surface area contributed by atoms with Gasteiger partial charge < -0.3 is 19.3 Å². The van der Waals surface area contributed by atoms with Gasteiger partial charge in [0.1, 0.15) is 5.75 Å². The summed E-state index contributed by atoms with van der Waals surface area (Å²) in [4.78, 5) is 41.6. The van der Waals surface area contributed by atoms with Crippen LogP contribution in [0.5, 0.6) is 5.75 Å². The van der Waals surface area contributed by atoms with Crippen LogP contribution in [-0.2, 0) is 39.4 Å². The molecule has 0 spiro atoms. The lowest BCUT2D eigenvalue weighted by Gasteiger charge is -2.28. The van der Waals surface area contributed by atoms with Crippen LogP contribution in [0.15, 0.2) is 17.8 Å². The molecule has 0 fully saturated rings. The number of carbonyl (C=O) groups is 3. The Balaban J connectivity index is 2.54. The van der Waals surface area contributed by atoms with E-state index in [0.717, 1.165) is 24.0 Å². The van der Waals surface area contributed by atoms with Crippen molar-refractivity contribution in [1.82, 2.24) is 0 Å². The third kappa shape index (κ3) is 23.0. The van der Waals surface area contributed by atoms with Crippen LogP contribution in [0.3, 0.4) is 0 Å². The van der Waals surface area contributed by atoms with E-state index in [1.165, 1.54) is 96.0 Å². The number of esters is 3. The number of phenolic OH excluding ortho intramolecular Hbond substituents is 1. The molecule has 8 heteroatoms. The third-order valence-electron chi connectivity index (χ3n) is 10.5. The lowest BCUT2D eigenvalue weighted by molar-refractivity contribution is -0.151. The van der Waals surface area contributed by atoms with Crippen molar-refractivity contribution >= 4 is 24.0 Å². The number of carbonyl (C=O) groups excluding carboxylic acids is 3. The third-order valence-corrected chi connectivity index (χ3v) is 10.5. The summed E-state index contributed by atoms with van der Waals surface area (Å²) in [7, 11) is 0. The Hall–Kier alpha value is -3.34. The van der Waals surface area contributed by atoms with E-state index in [1.54, 1.807) is 0 Å². The zero-order chi connectivity index (χ0) is 42.9. The fourth-order valence-corrected chi connectivity index (χ4v) is 6.82.